The van der Waals surface area contributed by atoms with Crippen LogP contribution in [0.2, 0.25) is 0 Å². The normalized spacial score (nSPS) is 14.9. The third-order valence-corrected chi connectivity index (χ3v) is 10.4. The Balaban J connectivity index is 1.47. The number of nitrogen functional groups attached to an aromatic ring is 1. The van der Waals surface area contributed by atoms with Crippen molar-refractivity contribution in [3.8, 4) is 12.1 Å². The average Bonchev–Trinajstić information content (AvgIpc) is 3.59. The second-order valence-electron chi connectivity index (χ2n) is 13.8. The highest BCUT2D eigenvalue weighted by molar-refractivity contribution is 7.47. The van der Waals surface area contributed by atoms with Gasteiger partial charge in [-0.2, -0.15) is 15.6 Å². The highest BCUT2D eigenvalue weighted by atomic mass is 31.2. The van der Waals surface area contributed by atoms with Gasteiger partial charge in [-0.05, 0) is 42.3 Å². The molecular weight excluding hydrogens is 730 g/mol. The number of methoxy groups -OCH3 is 1. The number of halogens is 1. The minimum absolute atomic E-state index is 0.00285. The van der Waals surface area contributed by atoms with Crippen molar-refractivity contribution in [1.82, 2.24) is 14.6 Å². The van der Waals surface area contributed by atoms with Crippen LogP contribution in [0.3, 0.4) is 0 Å². The lowest BCUT2D eigenvalue weighted by Gasteiger charge is -2.30. The van der Waals surface area contributed by atoms with Crippen molar-refractivity contribution in [3.05, 3.63) is 59.3 Å². The van der Waals surface area contributed by atoms with Crippen LogP contribution >= 0.6 is 7.82 Å². The van der Waals surface area contributed by atoms with Crippen molar-refractivity contribution >= 4 is 19.2 Å². The molecule has 2 heterocycles. The number of anilines is 1. The van der Waals surface area contributed by atoms with E-state index in [0.29, 0.717) is 23.4 Å². The van der Waals surface area contributed by atoms with Crippen LogP contribution in [-0.4, -0.2) is 75.9 Å². The summed E-state index contributed by atoms with van der Waals surface area (Å²) in [7, 11) is -3.68. The SMILES string of the molecule is CCCCCCCCCCCCCCCCOC[C@@H](COP(=O)(O)OCC(C#N)(OC)[C@@H](O)Cc1ccc2c(N)ncnn12)OCc1cc(F)cc(C#N)c1. The molecule has 16 heteroatoms. The molecule has 3 aromatic rings. The van der Waals surface area contributed by atoms with Gasteiger partial charge in [-0.15, -0.1) is 0 Å². The van der Waals surface area contributed by atoms with Crippen molar-refractivity contribution < 1.29 is 42.2 Å². The number of nitrogens with zero attached hydrogens (tertiary/aromatic N) is 5. The van der Waals surface area contributed by atoms with Gasteiger partial charge < -0.3 is 29.9 Å². The van der Waals surface area contributed by atoms with Crippen LogP contribution in [0.15, 0.2) is 36.7 Å². The average molecular weight is 789 g/mol. The zero-order chi connectivity index (χ0) is 39.9. The molecule has 55 heavy (non-hydrogen) atoms. The Hall–Kier alpha value is -3.50. The van der Waals surface area contributed by atoms with Crippen LogP contribution in [0, 0.1) is 28.5 Å². The topological polar surface area (TPSA) is 207 Å². The number of nitrogens with two attached hydrogens (primary N) is 1. The summed E-state index contributed by atoms with van der Waals surface area (Å²) in [5.41, 5.74) is 5.31. The Morgan fingerprint density at radius 3 is 2.24 bits per heavy atom. The lowest BCUT2D eigenvalue weighted by atomic mass is 9.95. The van der Waals surface area contributed by atoms with Gasteiger partial charge in [0, 0.05) is 25.8 Å². The number of aliphatic hydroxyl groups is 1. The predicted octanol–water partition coefficient (Wildman–Crippen LogP) is 7.35. The van der Waals surface area contributed by atoms with E-state index in [0.717, 1.165) is 25.3 Å². The smallest absolute Gasteiger partial charge is 0.388 e. The third kappa shape index (κ3) is 16.2. The molecule has 0 spiro atoms. The van der Waals surface area contributed by atoms with E-state index >= 15 is 0 Å². The van der Waals surface area contributed by atoms with Gasteiger partial charge in [0.2, 0.25) is 5.60 Å². The molecule has 2 aromatic heterocycles. The van der Waals surface area contributed by atoms with Crippen LogP contribution in [0.5, 0.6) is 0 Å². The highest BCUT2D eigenvalue weighted by Crippen LogP contribution is 2.44. The molecule has 0 radical (unpaired) electrons. The third-order valence-electron chi connectivity index (χ3n) is 9.44. The maximum atomic E-state index is 14.0. The predicted molar refractivity (Wildman–Crippen MR) is 205 cm³/mol. The largest absolute Gasteiger partial charge is 0.472 e. The maximum absolute atomic E-state index is 14.0. The van der Waals surface area contributed by atoms with Crippen LogP contribution in [0.4, 0.5) is 10.2 Å². The molecule has 0 aliphatic heterocycles. The van der Waals surface area contributed by atoms with E-state index < -0.39 is 44.7 Å². The van der Waals surface area contributed by atoms with E-state index in [1.54, 1.807) is 12.1 Å². The number of hydrogen-bond acceptors (Lipinski definition) is 12. The maximum Gasteiger partial charge on any atom is 0.472 e. The molecule has 0 aliphatic rings. The molecule has 0 aliphatic carbocycles. The van der Waals surface area contributed by atoms with Gasteiger partial charge >= 0.3 is 7.82 Å². The summed E-state index contributed by atoms with van der Waals surface area (Å²) in [6.07, 6.45) is 16.0. The number of unbranched alkanes of at least 4 members (excludes halogenated alkanes) is 13. The Morgan fingerprint density at radius 2 is 1.62 bits per heavy atom. The van der Waals surface area contributed by atoms with Crippen LogP contribution < -0.4 is 5.73 Å². The first kappa shape index (κ1) is 45.9. The Morgan fingerprint density at radius 1 is 0.964 bits per heavy atom. The van der Waals surface area contributed by atoms with Gasteiger partial charge in [-0.3, -0.25) is 9.05 Å². The van der Waals surface area contributed by atoms with E-state index in [1.165, 1.54) is 101 Å². The van der Waals surface area contributed by atoms with Gasteiger partial charge in [0.05, 0.1) is 31.5 Å². The van der Waals surface area contributed by atoms with Crippen molar-refractivity contribution in [3.63, 3.8) is 0 Å². The summed E-state index contributed by atoms with van der Waals surface area (Å²) in [5, 5.41) is 34.4. The fourth-order valence-electron chi connectivity index (χ4n) is 6.13. The Kier molecular flexibility index (Phi) is 20.8. The summed E-state index contributed by atoms with van der Waals surface area (Å²) in [4.78, 5) is 14.5. The zero-order valence-corrected chi connectivity index (χ0v) is 33.1. The van der Waals surface area contributed by atoms with Crippen LogP contribution in [-0.2, 0) is 40.9 Å². The Bertz CT molecular complexity index is 1700. The molecule has 304 valence electrons. The van der Waals surface area contributed by atoms with E-state index in [1.807, 2.05) is 12.1 Å². The van der Waals surface area contributed by atoms with E-state index in [-0.39, 0.29) is 31.0 Å². The van der Waals surface area contributed by atoms with Crippen molar-refractivity contribution in [2.24, 2.45) is 0 Å². The number of aliphatic hydroxyl groups excluding tert-OH is 1. The monoisotopic (exact) mass is 788 g/mol. The quantitative estimate of drug-likeness (QED) is 0.0447. The van der Waals surface area contributed by atoms with E-state index in [4.69, 9.17) is 29.0 Å². The van der Waals surface area contributed by atoms with Crippen molar-refractivity contribution in [2.75, 3.05) is 39.3 Å². The summed E-state index contributed by atoms with van der Waals surface area (Å²) < 4.78 is 56.0. The minimum atomic E-state index is -4.84. The zero-order valence-electron chi connectivity index (χ0n) is 32.2. The van der Waals surface area contributed by atoms with Crippen LogP contribution in [0.1, 0.15) is 114 Å². The Labute approximate surface area is 324 Å². The number of hydrogen-bond donors (Lipinski definition) is 3. The molecule has 1 aromatic carbocycles. The van der Waals surface area contributed by atoms with Gasteiger partial charge in [0.15, 0.2) is 5.82 Å². The molecule has 2 unspecified atom stereocenters. The molecule has 14 nitrogen and oxygen atoms in total. The first-order chi connectivity index (χ1) is 26.6. The molecule has 0 bridgehead atoms. The number of aromatic nitrogens is 3. The van der Waals surface area contributed by atoms with Gasteiger partial charge in [-0.25, -0.2) is 18.5 Å². The molecular formula is C39H58FN6O8P. The number of nitriles is 2. The van der Waals surface area contributed by atoms with E-state index in [9.17, 15) is 29.5 Å². The fourth-order valence-corrected chi connectivity index (χ4v) is 6.91. The number of benzene rings is 1. The summed E-state index contributed by atoms with van der Waals surface area (Å²) in [5.74, 6) is -0.377. The number of ether oxygens (including phenoxy) is 3. The molecule has 0 saturated heterocycles. The second kappa shape index (κ2) is 24.9. The summed E-state index contributed by atoms with van der Waals surface area (Å²) >= 11 is 0. The highest BCUT2D eigenvalue weighted by Gasteiger charge is 2.42. The molecule has 0 fully saturated rings. The lowest BCUT2D eigenvalue weighted by Crippen LogP contribution is -2.48. The minimum Gasteiger partial charge on any atom is -0.388 e. The summed E-state index contributed by atoms with van der Waals surface area (Å²) in [6, 6.07) is 10.9. The lowest BCUT2D eigenvalue weighted by molar-refractivity contribution is -0.0928. The van der Waals surface area contributed by atoms with Gasteiger partial charge in [-0.1, -0.05) is 90.4 Å². The van der Waals surface area contributed by atoms with Crippen LogP contribution in [0.25, 0.3) is 5.52 Å². The second-order valence-corrected chi connectivity index (χ2v) is 15.2. The molecule has 4 atom stereocenters. The first-order valence-electron chi connectivity index (χ1n) is 19.3. The number of phosphoric ester groups is 1. The number of phosphoric acid groups is 1. The van der Waals surface area contributed by atoms with Gasteiger partial charge in [0.1, 0.15) is 42.5 Å². The fraction of sp³-hybridized carbons (Fsp3) is 0.641. The van der Waals surface area contributed by atoms with Crippen molar-refractivity contribution in [2.45, 2.75) is 128 Å². The summed E-state index contributed by atoms with van der Waals surface area (Å²) in [6.45, 7) is 1.27. The molecule has 4 N–H and O–H groups in total. The van der Waals surface area contributed by atoms with Crippen molar-refractivity contribution in [1.29, 1.82) is 10.5 Å². The molecule has 0 saturated carbocycles. The van der Waals surface area contributed by atoms with E-state index in [2.05, 4.69) is 17.0 Å². The first-order valence-corrected chi connectivity index (χ1v) is 20.8. The van der Waals surface area contributed by atoms with Gasteiger partial charge in [0.25, 0.3) is 0 Å². The standard InChI is InChI=1S/C39H58FN6O8P/c1-3-4-5-6-7-8-9-10-11-12-13-14-15-16-19-51-26-35(52-25-32-20-31(24-41)21-33(40)22-32)27-53-55(48,49)54-29-39(28-42,50-2)37(47)23-34-17-18-36-38(43)44-30-45-46(34)36/h17-18,20-22,30,35,37,47H,3-16,19,23,25-27,29H2,1-2H3,(H,48,49)(H2,43,44,45)/t35-,37-,39?/m0/s1. The number of fused-ring (bicyclic) bond motifs is 1. The molecule has 3 rings (SSSR count). The molecule has 0 amide bonds. The number of rotatable bonds is 30.